The quantitative estimate of drug-likeness (QED) is 0.509. The number of carbonyl (C=O) groups is 1. The highest BCUT2D eigenvalue weighted by molar-refractivity contribution is 6.31. The first-order valence-electron chi connectivity index (χ1n) is 9.62. The summed E-state index contributed by atoms with van der Waals surface area (Å²) in [4.78, 5) is 28.6. The number of nitrogens with zero attached hydrogens (tertiary/aromatic N) is 4. The molecule has 1 amide bonds. The van der Waals surface area contributed by atoms with Crippen molar-refractivity contribution in [2.75, 3.05) is 13.1 Å². The number of halogens is 1. The van der Waals surface area contributed by atoms with E-state index in [0.717, 1.165) is 23.7 Å². The van der Waals surface area contributed by atoms with Crippen LogP contribution >= 0.6 is 11.6 Å². The zero-order chi connectivity index (χ0) is 20.1. The van der Waals surface area contributed by atoms with E-state index >= 15 is 0 Å². The number of amides is 1. The van der Waals surface area contributed by atoms with Crippen molar-refractivity contribution >= 4 is 39.3 Å². The van der Waals surface area contributed by atoms with Crippen molar-refractivity contribution in [2.24, 2.45) is 7.05 Å². The lowest BCUT2D eigenvalue weighted by Gasteiger charge is -2.16. The maximum Gasteiger partial charge on any atom is 0.296 e. The van der Waals surface area contributed by atoms with Crippen LogP contribution in [-0.4, -0.2) is 38.2 Å². The van der Waals surface area contributed by atoms with Gasteiger partial charge < -0.3 is 9.47 Å². The Kier molecular flexibility index (Phi) is 4.17. The van der Waals surface area contributed by atoms with Gasteiger partial charge in [-0.05, 0) is 37.1 Å². The van der Waals surface area contributed by atoms with Gasteiger partial charge in [0.15, 0.2) is 5.69 Å². The third kappa shape index (κ3) is 2.75. The van der Waals surface area contributed by atoms with Crippen molar-refractivity contribution < 1.29 is 4.79 Å². The summed E-state index contributed by atoms with van der Waals surface area (Å²) in [6, 6.07) is 14.6. The fourth-order valence-corrected chi connectivity index (χ4v) is 4.33. The van der Waals surface area contributed by atoms with Gasteiger partial charge in [-0.25, -0.2) is 0 Å². The molecule has 4 aromatic rings. The lowest BCUT2D eigenvalue weighted by molar-refractivity contribution is 0.0787. The standard InChI is InChI=1S/C22H19ClN4O2/c1-25-17-13-14(23)9-10-16(17)18-19(21(28)26-11-5-6-12-26)24-27(22(29)20(18)25)15-7-3-2-4-8-15/h2-4,7-10,13H,5-6,11-12H2,1H3. The minimum atomic E-state index is -0.265. The third-order valence-electron chi connectivity index (χ3n) is 5.59. The molecule has 0 aliphatic carbocycles. The molecule has 3 heterocycles. The summed E-state index contributed by atoms with van der Waals surface area (Å²) in [6.45, 7) is 1.42. The smallest absolute Gasteiger partial charge is 0.296 e. The molecule has 1 fully saturated rings. The lowest BCUT2D eigenvalue weighted by Crippen LogP contribution is -2.32. The van der Waals surface area contributed by atoms with Crippen molar-refractivity contribution in [2.45, 2.75) is 12.8 Å². The summed E-state index contributed by atoms with van der Waals surface area (Å²) < 4.78 is 3.13. The minimum absolute atomic E-state index is 0.139. The van der Waals surface area contributed by atoms with Crippen LogP contribution in [0.25, 0.3) is 27.5 Å². The highest BCUT2D eigenvalue weighted by Crippen LogP contribution is 2.31. The van der Waals surface area contributed by atoms with Crippen molar-refractivity contribution in [1.29, 1.82) is 0 Å². The molecular formula is C22H19ClN4O2. The van der Waals surface area contributed by atoms with Gasteiger partial charge in [0.1, 0.15) is 5.52 Å². The van der Waals surface area contributed by atoms with Gasteiger partial charge in [-0.3, -0.25) is 9.59 Å². The van der Waals surface area contributed by atoms with Crippen LogP contribution in [-0.2, 0) is 7.05 Å². The highest BCUT2D eigenvalue weighted by Gasteiger charge is 2.28. The maximum absolute atomic E-state index is 13.4. The maximum atomic E-state index is 13.4. The van der Waals surface area contributed by atoms with E-state index in [4.69, 9.17) is 11.6 Å². The number of hydrogen-bond acceptors (Lipinski definition) is 3. The van der Waals surface area contributed by atoms with Crippen LogP contribution < -0.4 is 5.56 Å². The Labute approximate surface area is 171 Å². The molecule has 0 saturated carbocycles. The van der Waals surface area contributed by atoms with E-state index in [0.29, 0.717) is 40.4 Å². The summed E-state index contributed by atoms with van der Waals surface area (Å²) in [5, 5.41) is 6.54. The molecule has 5 rings (SSSR count). The average Bonchev–Trinajstić information content (AvgIpc) is 3.36. The number of benzene rings is 2. The molecule has 0 atom stereocenters. The molecule has 7 heteroatoms. The van der Waals surface area contributed by atoms with E-state index in [1.54, 1.807) is 10.6 Å². The van der Waals surface area contributed by atoms with Gasteiger partial charge in [-0.15, -0.1) is 0 Å². The second-order valence-electron chi connectivity index (χ2n) is 7.34. The van der Waals surface area contributed by atoms with E-state index in [9.17, 15) is 9.59 Å². The number of aromatic nitrogens is 3. The normalized spacial score (nSPS) is 14.2. The predicted molar refractivity (Wildman–Crippen MR) is 114 cm³/mol. The van der Waals surface area contributed by atoms with Gasteiger partial charge in [0.05, 0.1) is 11.2 Å². The Morgan fingerprint density at radius 3 is 2.52 bits per heavy atom. The summed E-state index contributed by atoms with van der Waals surface area (Å²) in [6.07, 6.45) is 1.97. The molecule has 0 unspecified atom stereocenters. The first-order chi connectivity index (χ1) is 14.1. The van der Waals surface area contributed by atoms with E-state index < -0.39 is 0 Å². The molecule has 2 aromatic heterocycles. The second-order valence-corrected chi connectivity index (χ2v) is 7.78. The third-order valence-corrected chi connectivity index (χ3v) is 5.83. The van der Waals surface area contributed by atoms with Crippen LogP contribution in [0.15, 0.2) is 53.3 Å². The SMILES string of the molecule is Cn1c2cc(Cl)ccc2c2c(C(=O)N3CCCC3)nn(-c3ccccc3)c(=O)c21. The Morgan fingerprint density at radius 1 is 1.07 bits per heavy atom. The molecule has 1 aliphatic heterocycles. The molecule has 146 valence electrons. The van der Waals surface area contributed by atoms with Crippen molar-refractivity contribution in [3.8, 4) is 5.69 Å². The number of likely N-dealkylation sites (tertiary alicyclic amines) is 1. The summed E-state index contributed by atoms with van der Waals surface area (Å²) >= 11 is 6.20. The molecule has 0 spiro atoms. The van der Waals surface area contributed by atoms with Crippen LogP contribution in [0.2, 0.25) is 5.02 Å². The van der Waals surface area contributed by atoms with Gasteiger partial charge in [-0.2, -0.15) is 9.78 Å². The Hall–Kier alpha value is -3.12. The Morgan fingerprint density at radius 2 is 1.79 bits per heavy atom. The molecule has 0 bridgehead atoms. The summed E-state index contributed by atoms with van der Waals surface area (Å²) in [7, 11) is 1.82. The number of para-hydroxylation sites is 1. The highest BCUT2D eigenvalue weighted by atomic mass is 35.5. The molecule has 6 nitrogen and oxygen atoms in total. The van der Waals surface area contributed by atoms with Crippen LogP contribution in [0.3, 0.4) is 0 Å². The Balaban J connectivity index is 1.91. The molecule has 1 aliphatic rings. The second kappa shape index (κ2) is 6.74. The van der Waals surface area contributed by atoms with Crippen LogP contribution in [0, 0.1) is 0 Å². The number of aryl methyl sites for hydroxylation is 1. The minimum Gasteiger partial charge on any atom is -0.339 e. The molecule has 2 aromatic carbocycles. The van der Waals surface area contributed by atoms with Crippen LogP contribution in [0.1, 0.15) is 23.3 Å². The van der Waals surface area contributed by atoms with Crippen LogP contribution in [0.5, 0.6) is 0 Å². The largest absolute Gasteiger partial charge is 0.339 e. The number of carbonyl (C=O) groups excluding carboxylic acids is 1. The van der Waals surface area contributed by atoms with Crippen LogP contribution in [0.4, 0.5) is 0 Å². The predicted octanol–water partition coefficient (Wildman–Crippen LogP) is 3.77. The van der Waals surface area contributed by atoms with Gasteiger partial charge in [0.2, 0.25) is 0 Å². The van der Waals surface area contributed by atoms with Gasteiger partial charge in [-0.1, -0.05) is 35.9 Å². The molecule has 29 heavy (non-hydrogen) atoms. The van der Waals surface area contributed by atoms with Gasteiger partial charge >= 0.3 is 0 Å². The zero-order valence-corrected chi connectivity index (χ0v) is 16.7. The van der Waals surface area contributed by atoms with E-state index in [2.05, 4.69) is 5.10 Å². The summed E-state index contributed by atoms with van der Waals surface area (Å²) in [5.74, 6) is -0.139. The Bertz CT molecular complexity index is 1320. The topological polar surface area (TPSA) is 60.1 Å². The van der Waals surface area contributed by atoms with E-state index in [1.165, 1.54) is 4.68 Å². The molecule has 0 N–H and O–H groups in total. The van der Waals surface area contributed by atoms with E-state index in [1.807, 2.05) is 54.4 Å². The van der Waals surface area contributed by atoms with Gasteiger partial charge in [0, 0.05) is 35.9 Å². The molecular weight excluding hydrogens is 388 g/mol. The first-order valence-corrected chi connectivity index (χ1v) is 10.00. The average molecular weight is 407 g/mol. The number of fused-ring (bicyclic) bond motifs is 3. The monoisotopic (exact) mass is 406 g/mol. The lowest BCUT2D eigenvalue weighted by atomic mass is 10.1. The van der Waals surface area contributed by atoms with Crippen molar-refractivity contribution in [1.82, 2.24) is 19.2 Å². The number of hydrogen-bond donors (Lipinski definition) is 0. The fraction of sp³-hybridized carbons (Fsp3) is 0.227. The summed E-state index contributed by atoms with van der Waals surface area (Å²) in [5.41, 5.74) is 1.91. The molecule has 0 radical (unpaired) electrons. The van der Waals surface area contributed by atoms with Gasteiger partial charge in [0.25, 0.3) is 11.5 Å². The van der Waals surface area contributed by atoms with Crippen molar-refractivity contribution in [3.63, 3.8) is 0 Å². The fourth-order valence-electron chi connectivity index (χ4n) is 4.16. The van der Waals surface area contributed by atoms with E-state index in [-0.39, 0.29) is 11.5 Å². The molecule has 1 saturated heterocycles. The zero-order valence-electron chi connectivity index (χ0n) is 15.9. The first kappa shape index (κ1) is 17.9. The van der Waals surface area contributed by atoms with Crippen molar-refractivity contribution in [3.05, 3.63) is 69.6 Å². The number of rotatable bonds is 2.